The lowest BCUT2D eigenvalue weighted by atomic mass is 9.92. The molecule has 3 rings (SSSR count). The molecule has 136 valence electrons. The number of hydrogen-bond acceptors (Lipinski definition) is 4. The Morgan fingerprint density at radius 1 is 1.08 bits per heavy atom. The van der Waals surface area contributed by atoms with Crippen LogP contribution >= 0.6 is 0 Å². The van der Waals surface area contributed by atoms with Gasteiger partial charge in [0.05, 0.1) is 6.61 Å². The van der Waals surface area contributed by atoms with Crippen LogP contribution in [0.5, 0.6) is 11.5 Å². The molecule has 0 saturated heterocycles. The maximum Gasteiger partial charge on any atom is 0.331 e. The summed E-state index contributed by atoms with van der Waals surface area (Å²) in [5.74, 6) is -0.122. The van der Waals surface area contributed by atoms with Crippen molar-refractivity contribution in [1.82, 2.24) is 4.90 Å². The molecule has 1 N–H and O–H groups in total. The van der Waals surface area contributed by atoms with E-state index in [1.807, 2.05) is 19.1 Å². The number of ether oxygens (including phenoxy) is 2. The van der Waals surface area contributed by atoms with Gasteiger partial charge in [-0.2, -0.15) is 0 Å². The summed E-state index contributed by atoms with van der Waals surface area (Å²) < 4.78 is 10.9. The van der Waals surface area contributed by atoms with Gasteiger partial charge >= 0.3 is 5.97 Å². The fraction of sp³-hybridized carbons (Fsp3) is 0.300. The first-order valence-corrected chi connectivity index (χ1v) is 8.56. The maximum atomic E-state index is 12.6. The van der Waals surface area contributed by atoms with Gasteiger partial charge in [0.25, 0.3) is 5.91 Å². The molecule has 2 aromatic carbocycles. The number of carboxylic acids is 1. The highest BCUT2D eigenvalue weighted by atomic mass is 16.5. The van der Waals surface area contributed by atoms with Crippen LogP contribution in [0.4, 0.5) is 0 Å². The third kappa shape index (κ3) is 3.79. The van der Waals surface area contributed by atoms with Crippen molar-refractivity contribution < 1.29 is 24.2 Å². The number of fused-ring (bicyclic) bond motifs is 1. The fourth-order valence-electron chi connectivity index (χ4n) is 3.13. The monoisotopic (exact) mass is 355 g/mol. The Hall–Kier alpha value is -3.02. The Bertz CT molecular complexity index is 787. The fourth-order valence-corrected chi connectivity index (χ4v) is 3.13. The quantitative estimate of drug-likeness (QED) is 0.862. The van der Waals surface area contributed by atoms with Crippen molar-refractivity contribution >= 4 is 11.9 Å². The number of aliphatic carboxylic acids is 1. The summed E-state index contributed by atoms with van der Waals surface area (Å²) in [6.45, 7) is 2.63. The smallest absolute Gasteiger partial charge is 0.331 e. The standard InChI is InChI=1S/C20H21NO5/c1-2-25-15-7-9-16(10-8-15)26-13-18(22)21-12-11-14-5-3-4-6-17(14)19(21)20(23)24/h3-10,19H,2,11-13H2,1H3,(H,23,24). The molecule has 6 nitrogen and oxygen atoms in total. The lowest BCUT2D eigenvalue weighted by molar-refractivity contribution is -0.152. The van der Waals surface area contributed by atoms with Crippen LogP contribution in [-0.4, -0.2) is 41.6 Å². The number of nitrogens with zero attached hydrogens (tertiary/aromatic N) is 1. The third-order valence-electron chi connectivity index (χ3n) is 4.33. The molecule has 0 fully saturated rings. The number of carbonyl (C=O) groups is 2. The summed E-state index contributed by atoms with van der Waals surface area (Å²) >= 11 is 0. The highest BCUT2D eigenvalue weighted by molar-refractivity contribution is 5.86. The highest BCUT2D eigenvalue weighted by Gasteiger charge is 2.35. The molecule has 1 heterocycles. The van der Waals surface area contributed by atoms with Crippen LogP contribution in [0, 0.1) is 0 Å². The molecule has 6 heteroatoms. The van der Waals surface area contributed by atoms with E-state index in [4.69, 9.17) is 9.47 Å². The second kappa shape index (κ2) is 7.91. The predicted molar refractivity (Wildman–Crippen MR) is 95.3 cm³/mol. The predicted octanol–water partition coefficient (Wildman–Crippen LogP) is 2.67. The van der Waals surface area contributed by atoms with E-state index in [9.17, 15) is 14.7 Å². The summed E-state index contributed by atoms with van der Waals surface area (Å²) in [5.41, 5.74) is 1.64. The van der Waals surface area contributed by atoms with E-state index in [0.29, 0.717) is 30.9 Å². The Balaban J connectivity index is 1.68. The molecule has 1 amide bonds. The van der Waals surface area contributed by atoms with Crippen LogP contribution in [0.15, 0.2) is 48.5 Å². The topological polar surface area (TPSA) is 76.1 Å². The zero-order chi connectivity index (χ0) is 18.5. The van der Waals surface area contributed by atoms with Gasteiger partial charge < -0.3 is 19.5 Å². The van der Waals surface area contributed by atoms with Crippen molar-refractivity contribution in [3.8, 4) is 11.5 Å². The highest BCUT2D eigenvalue weighted by Crippen LogP contribution is 2.30. The van der Waals surface area contributed by atoms with E-state index in [1.54, 1.807) is 36.4 Å². The Morgan fingerprint density at radius 2 is 1.73 bits per heavy atom. The summed E-state index contributed by atoms with van der Waals surface area (Å²) in [4.78, 5) is 25.7. The van der Waals surface area contributed by atoms with Gasteiger partial charge in [0, 0.05) is 6.54 Å². The van der Waals surface area contributed by atoms with Crippen molar-refractivity contribution in [2.24, 2.45) is 0 Å². The van der Waals surface area contributed by atoms with Crippen LogP contribution in [0.1, 0.15) is 24.1 Å². The molecule has 2 aromatic rings. The van der Waals surface area contributed by atoms with Crippen molar-refractivity contribution in [2.45, 2.75) is 19.4 Å². The molecule has 1 unspecified atom stereocenters. The molecule has 0 saturated carbocycles. The number of benzene rings is 2. The van der Waals surface area contributed by atoms with Crippen LogP contribution in [-0.2, 0) is 16.0 Å². The van der Waals surface area contributed by atoms with Gasteiger partial charge in [-0.1, -0.05) is 24.3 Å². The molecule has 1 atom stereocenters. The molecular formula is C20H21NO5. The molecule has 1 aliphatic rings. The molecular weight excluding hydrogens is 334 g/mol. The number of amides is 1. The Labute approximate surface area is 152 Å². The van der Waals surface area contributed by atoms with Gasteiger partial charge in [-0.05, 0) is 48.7 Å². The van der Waals surface area contributed by atoms with Gasteiger partial charge in [-0.25, -0.2) is 4.79 Å². The van der Waals surface area contributed by atoms with Gasteiger partial charge in [0.15, 0.2) is 12.6 Å². The molecule has 26 heavy (non-hydrogen) atoms. The van der Waals surface area contributed by atoms with E-state index in [2.05, 4.69) is 0 Å². The summed E-state index contributed by atoms with van der Waals surface area (Å²) in [7, 11) is 0. The molecule has 0 aliphatic carbocycles. The second-order valence-electron chi connectivity index (χ2n) is 5.97. The second-order valence-corrected chi connectivity index (χ2v) is 5.97. The van der Waals surface area contributed by atoms with Gasteiger partial charge in [-0.3, -0.25) is 4.79 Å². The minimum atomic E-state index is -1.04. The zero-order valence-electron chi connectivity index (χ0n) is 14.6. The summed E-state index contributed by atoms with van der Waals surface area (Å²) in [6.07, 6.45) is 0.634. The van der Waals surface area contributed by atoms with E-state index < -0.39 is 12.0 Å². The number of rotatable bonds is 6. The van der Waals surface area contributed by atoms with Crippen LogP contribution in [0.25, 0.3) is 0 Å². The largest absolute Gasteiger partial charge is 0.494 e. The van der Waals surface area contributed by atoms with E-state index in [0.717, 1.165) is 11.3 Å². The molecule has 0 radical (unpaired) electrons. The lowest BCUT2D eigenvalue weighted by Gasteiger charge is -2.34. The molecule has 1 aliphatic heterocycles. The van der Waals surface area contributed by atoms with Gasteiger partial charge in [0.2, 0.25) is 0 Å². The minimum Gasteiger partial charge on any atom is -0.494 e. The van der Waals surface area contributed by atoms with E-state index in [1.165, 1.54) is 4.90 Å². The maximum absolute atomic E-state index is 12.6. The summed E-state index contributed by atoms with van der Waals surface area (Å²) in [6, 6.07) is 13.3. The molecule has 0 spiro atoms. The number of carboxylic acid groups (broad SMARTS) is 1. The van der Waals surface area contributed by atoms with Crippen molar-refractivity contribution in [2.75, 3.05) is 19.8 Å². The normalized spacial score (nSPS) is 15.9. The lowest BCUT2D eigenvalue weighted by Crippen LogP contribution is -2.45. The summed E-state index contributed by atoms with van der Waals surface area (Å²) in [5, 5.41) is 9.62. The van der Waals surface area contributed by atoms with Crippen molar-refractivity contribution in [1.29, 1.82) is 0 Å². The van der Waals surface area contributed by atoms with Crippen LogP contribution < -0.4 is 9.47 Å². The first-order chi connectivity index (χ1) is 12.6. The molecule has 0 aromatic heterocycles. The minimum absolute atomic E-state index is 0.208. The van der Waals surface area contributed by atoms with Crippen LogP contribution in [0.3, 0.4) is 0 Å². The van der Waals surface area contributed by atoms with Crippen molar-refractivity contribution in [3.05, 3.63) is 59.7 Å². The average Bonchev–Trinajstić information content (AvgIpc) is 2.66. The average molecular weight is 355 g/mol. The Morgan fingerprint density at radius 3 is 2.38 bits per heavy atom. The van der Waals surface area contributed by atoms with Gasteiger partial charge in [0.1, 0.15) is 11.5 Å². The van der Waals surface area contributed by atoms with Crippen LogP contribution in [0.2, 0.25) is 0 Å². The first-order valence-electron chi connectivity index (χ1n) is 8.56. The SMILES string of the molecule is CCOc1ccc(OCC(=O)N2CCc3ccccc3C2C(=O)O)cc1. The van der Waals surface area contributed by atoms with Crippen molar-refractivity contribution in [3.63, 3.8) is 0 Å². The zero-order valence-corrected chi connectivity index (χ0v) is 14.6. The Kier molecular flexibility index (Phi) is 5.41. The third-order valence-corrected chi connectivity index (χ3v) is 4.33. The van der Waals surface area contributed by atoms with E-state index in [-0.39, 0.29) is 12.5 Å². The molecule has 0 bridgehead atoms. The first kappa shape index (κ1) is 17.8. The number of hydrogen-bond donors (Lipinski definition) is 1. The van der Waals surface area contributed by atoms with Gasteiger partial charge in [-0.15, -0.1) is 0 Å². The van der Waals surface area contributed by atoms with E-state index >= 15 is 0 Å². The number of carbonyl (C=O) groups excluding carboxylic acids is 1.